The maximum Gasteiger partial charge on any atom is 0.261 e. The molecule has 9 heteroatoms. The van der Waals surface area contributed by atoms with Gasteiger partial charge in [0.15, 0.2) is 5.58 Å². The first-order valence-corrected chi connectivity index (χ1v) is 10.6. The summed E-state index contributed by atoms with van der Waals surface area (Å²) in [5, 5.41) is 13.9. The Morgan fingerprint density at radius 2 is 2.00 bits per heavy atom. The van der Waals surface area contributed by atoms with Crippen LogP contribution in [0.1, 0.15) is 21.6 Å². The number of fused-ring (bicyclic) bond motifs is 1. The topological polar surface area (TPSA) is 97.0 Å². The summed E-state index contributed by atoms with van der Waals surface area (Å²) in [7, 11) is 1.51. The predicted octanol–water partition coefficient (Wildman–Crippen LogP) is 5.43. The zero-order chi connectivity index (χ0) is 23.5. The van der Waals surface area contributed by atoms with Crippen LogP contribution in [0.4, 0.5) is 11.4 Å². The minimum absolute atomic E-state index is 0.0209. The Morgan fingerprint density at radius 1 is 1.21 bits per heavy atom. The third-order valence-corrected chi connectivity index (χ3v) is 5.52. The zero-order valence-electron chi connectivity index (χ0n) is 17.7. The van der Waals surface area contributed by atoms with Crippen molar-refractivity contribution in [2.24, 2.45) is 4.99 Å². The number of rotatable bonds is 5. The molecule has 0 aliphatic heterocycles. The highest BCUT2D eigenvalue weighted by Crippen LogP contribution is 2.30. The molecule has 2 aromatic heterocycles. The quantitative estimate of drug-likeness (QED) is 0.394. The maximum absolute atomic E-state index is 13.3. The van der Waals surface area contributed by atoms with E-state index in [0.717, 1.165) is 0 Å². The molecule has 0 spiro atoms. The summed E-state index contributed by atoms with van der Waals surface area (Å²) < 4.78 is 11.4. The molecule has 0 aliphatic rings. The van der Waals surface area contributed by atoms with Crippen LogP contribution in [-0.4, -0.2) is 23.1 Å². The van der Waals surface area contributed by atoms with Crippen LogP contribution in [0, 0.1) is 6.92 Å². The number of carbonyl (C=O) groups is 1. The summed E-state index contributed by atoms with van der Waals surface area (Å²) >= 11 is 12.4. The molecule has 168 valence electrons. The molecule has 4 rings (SSSR count). The van der Waals surface area contributed by atoms with Crippen molar-refractivity contribution in [2.45, 2.75) is 13.5 Å². The Morgan fingerprint density at radius 3 is 2.73 bits per heavy atom. The van der Waals surface area contributed by atoms with E-state index < -0.39 is 5.91 Å². The van der Waals surface area contributed by atoms with Crippen molar-refractivity contribution in [3.63, 3.8) is 0 Å². The molecule has 0 saturated heterocycles. The number of halogens is 2. The lowest BCUT2D eigenvalue weighted by Crippen LogP contribution is -2.22. The molecule has 0 fully saturated rings. The van der Waals surface area contributed by atoms with Crippen LogP contribution >= 0.6 is 23.2 Å². The number of amides is 1. The lowest BCUT2D eigenvalue weighted by molar-refractivity contribution is 0.102. The van der Waals surface area contributed by atoms with Crippen LogP contribution in [0.3, 0.4) is 0 Å². The zero-order valence-corrected chi connectivity index (χ0v) is 19.2. The molecule has 2 heterocycles. The number of hydrogen-bond acceptors (Lipinski definition) is 6. The second-order valence-corrected chi connectivity index (χ2v) is 7.94. The predicted molar refractivity (Wildman–Crippen MR) is 127 cm³/mol. The summed E-state index contributed by atoms with van der Waals surface area (Å²) in [4.78, 5) is 22.1. The van der Waals surface area contributed by atoms with Crippen molar-refractivity contribution in [2.75, 3.05) is 12.4 Å². The fourth-order valence-corrected chi connectivity index (χ4v) is 3.62. The monoisotopic (exact) mass is 483 g/mol. The average molecular weight is 484 g/mol. The first-order valence-electron chi connectivity index (χ1n) is 9.88. The highest BCUT2D eigenvalue weighted by molar-refractivity contribution is 6.34. The number of para-hydroxylation sites is 1. The van der Waals surface area contributed by atoms with E-state index in [1.54, 1.807) is 61.7 Å². The number of aliphatic hydroxyl groups excluding tert-OH is 1. The minimum atomic E-state index is -0.494. The molecule has 0 aliphatic carbocycles. The summed E-state index contributed by atoms with van der Waals surface area (Å²) in [6.07, 6.45) is 1.54. The SMILES string of the molecule is COc1ccc(Cl)cc1N=c1oc2c(C)ncc(CO)c2cc1C(=O)Nc1ccccc1Cl. The first-order chi connectivity index (χ1) is 15.9. The Hall–Kier alpha value is -3.39. The van der Waals surface area contributed by atoms with E-state index in [0.29, 0.717) is 49.4 Å². The van der Waals surface area contributed by atoms with Gasteiger partial charge in [-0.1, -0.05) is 35.3 Å². The molecule has 1 amide bonds. The number of aromatic nitrogens is 1. The van der Waals surface area contributed by atoms with Crippen LogP contribution < -0.4 is 15.6 Å². The number of aliphatic hydroxyl groups is 1. The molecule has 2 aromatic carbocycles. The lowest BCUT2D eigenvalue weighted by Gasteiger charge is -2.11. The molecular formula is C24H19Cl2N3O4. The summed E-state index contributed by atoms with van der Waals surface area (Å²) in [6.45, 7) is 1.49. The average Bonchev–Trinajstić information content (AvgIpc) is 2.81. The van der Waals surface area contributed by atoms with Gasteiger partial charge in [-0.3, -0.25) is 9.78 Å². The van der Waals surface area contributed by atoms with E-state index in [1.807, 2.05) is 0 Å². The molecular weight excluding hydrogens is 465 g/mol. The van der Waals surface area contributed by atoms with Gasteiger partial charge in [-0.25, -0.2) is 4.99 Å². The molecule has 0 atom stereocenters. The minimum Gasteiger partial charge on any atom is -0.494 e. The van der Waals surface area contributed by atoms with Crippen molar-refractivity contribution >= 4 is 51.5 Å². The van der Waals surface area contributed by atoms with Crippen molar-refractivity contribution in [1.82, 2.24) is 4.98 Å². The van der Waals surface area contributed by atoms with Crippen molar-refractivity contribution in [1.29, 1.82) is 0 Å². The van der Waals surface area contributed by atoms with E-state index >= 15 is 0 Å². The van der Waals surface area contributed by atoms with Gasteiger partial charge in [0.1, 0.15) is 17.0 Å². The second-order valence-electron chi connectivity index (χ2n) is 7.10. The molecule has 2 N–H and O–H groups in total. The number of anilines is 1. The van der Waals surface area contributed by atoms with Gasteiger partial charge < -0.3 is 19.6 Å². The lowest BCUT2D eigenvalue weighted by atomic mass is 10.1. The van der Waals surface area contributed by atoms with Gasteiger partial charge >= 0.3 is 0 Å². The number of pyridine rings is 1. The molecule has 4 aromatic rings. The van der Waals surface area contributed by atoms with Gasteiger partial charge in [0.25, 0.3) is 5.91 Å². The number of nitrogens with one attached hydrogen (secondary N) is 1. The number of nitrogens with zero attached hydrogens (tertiary/aromatic N) is 2. The van der Waals surface area contributed by atoms with E-state index in [2.05, 4.69) is 15.3 Å². The first kappa shape index (κ1) is 22.8. The summed E-state index contributed by atoms with van der Waals surface area (Å²) in [5.74, 6) is -0.0436. The fraction of sp³-hybridized carbons (Fsp3) is 0.125. The van der Waals surface area contributed by atoms with Crippen molar-refractivity contribution < 1.29 is 19.1 Å². The van der Waals surface area contributed by atoms with Gasteiger partial charge in [0, 0.05) is 22.2 Å². The molecule has 0 radical (unpaired) electrons. The van der Waals surface area contributed by atoms with E-state index in [1.165, 1.54) is 7.11 Å². The number of hydrogen-bond donors (Lipinski definition) is 2. The number of methoxy groups -OCH3 is 1. The highest BCUT2D eigenvalue weighted by atomic mass is 35.5. The van der Waals surface area contributed by atoms with Gasteiger partial charge in [0.05, 0.1) is 30.1 Å². The smallest absolute Gasteiger partial charge is 0.261 e. The Balaban J connectivity index is 1.98. The van der Waals surface area contributed by atoms with Crippen LogP contribution in [0.15, 0.2) is 64.1 Å². The van der Waals surface area contributed by atoms with E-state index in [-0.39, 0.29) is 17.7 Å². The maximum atomic E-state index is 13.3. The van der Waals surface area contributed by atoms with Crippen LogP contribution in [-0.2, 0) is 6.61 Å². The number of benzene rings is 2. The van der Waals surface area contributed by atoms with Crippen LogP contribution in [0.2, 0.25) is 10.0 Å². The number of ether oxygens (including phenoxy) is 1. The van der Waals surface area contributed by atoms with Crippen LogP contribution in [0.5, 0.6) is 5.75 Å². The molecule has 0 unspecified atom stereocenters. The van der Waals surface area contributed by atoms with Gasteiger partial charge in [-0.15, -0.1) is 0 Å². The standard InChI is InChI=1S/C24H19Cl2N3O4/c1-13-22-16(14(12-30)11-27-13)10-17(23(31)28-19-6-4-3-5-18(19)26)24(33-22)29-20-9-15(25)7-8-21(20)32-2/h3-11,30H,12H2,1-2H3,(H,28,31). The largest absolute Gasteiger partial charge is 0.494 e. The van der Waals surface area contributed by atoms with E-state index in [9.17, 15) is 9.90 Å². The molecule has 0 bridgehead atoms. The summed E-state index contributed by atoms with van der Waals surface area (Å²) in [5.41, 5.74) is 2.45. The highest BCUT2D eigenvalue weighted by Gasteiger charge is 2.18. The summed E-state index contributed by atoms with van der Waals surface area (Å²) in [6, 6.07) is 13.4. The number of carbonyl (C=O) groups excluding carboxylic acids is 1. The Bertz CT molecular complexity index is 1430. The van der Waals surface area contributed by atoms with Gasteiger partial charge in [-0.05, 0) is 43.3 Å². The van der Waals surface area contributed by atoms with Gasteiger partial charge in [-0.2, -0.15) is 0 Å². The fourth-order valence-electron chi connectivity index (χ4n) is 3.27. The third kappa shape index (κ3) is 4.71. The Labute approximate surface area is 199 Å². The van der Waals surface area contributed by atoms with Crippen LogP contribution in [0.25, 0.3) is 11.0 Å². The molecule has 33 heavy (non-hydrogen) atoms. The van der Waals surface area contributed by atoms with Crippen molar-refractivity contribution in [3.8, 4) is 5.75 Å². The molecule has 0 saturated carbocycles. The van der Waals surface area contributed by atoms with E-state index in [4.69, 9.17) is 32.4 Å². The number of aryl methyl sites for hydroxylation is 1. The second kappa shape index (κ2) is 9.62. The third-order valence-electron chi connectivity index (χ3n) is 4.95. The normalized spacial score (nSPS) is 11.6. The van der Waals surface area contributed by atoms with Gasteiger partial charge in [0.2, 0.25) is 5.55 Å². The molecule has 7 nitrogen and oxygen atoms in total. The Kier molecular flexibility index (Phi) is 6.65. The van der Waals surface area contributed by atoms with Crippen molar-refractivity contribution in [3.05, 3.63) is 87.1 Å².